The van der Waals surface area contributed by atoms with Crippen LogP contribution in [0.1, 0.15) is 62.5 Å². The third-order valence-electron chi connectivity index (χ3n) is 7.33. The van der Waals surface area contributed by atoms with Gasteiger partial charge in [0, 0.05) is 29.3 Å². The first-order valence-electron chi connectivity index (χ1n) is 12.9. The fourth-order valence-corrected chi connectivity index (χ4v) is 5.37. The number of hydrogen-bond donors (Lipinski definition) is 1. The molecule has 2 aromatic rings. The number of hydrogen-bond acceptors (Lipinski definition) is 8. The van der Waals surface area contributed by atoms with Crippen LogP contribution in [0.5, 0.6) is 23.0 Å². The van der Waals surface area contributed by atoms with Gasteiger partial charge in [-0.05, 0) is 61.1 Å². The van der Waals surface area contributed by atoms with Crippen LogP contribution in [0, 0.1) is 5.92 Å². The molecule has 4 rings (SSSR count). The zero-order chi connectivity index (χ0) is 27.4. The van der Waals surface area contributed by atoms with E-state index in [1.165, 1.54) is 7.11 Å². The number of phenols is 1. The van der Waals surface area contributed by atoms with Gasteiger partial charge in [-0.1, -0.05) is 25.5 Å². The van der Waals surface area contributed by atoms with Crippen LogP contribution in [-0.4, -0.2) is 50.5 Å². The topological polar surface area (TPSA) is 104 Å². The largest absolute Gasteiger partial charge is 0.504 e. The predicted molar refractivity (Wildman–Crippen MR) is 143 cm³/mol. The van der Waals surface area contributed by atoms with E-state index in [2.05, 4.69) is 0 Å². The fraction of sp³-hybridized carbons (Fsp3) is 0.433. The SMILES string of the molecule is CCCCOC(=O)C1C(C)=NC2=C(C(=O)C[C@@H](c3ccc(OC)c(OC)c3)C2)[C@@H]1c1ccc(OC)c(O)c1. The van der Waals surface area contributed by atoms with E-state index in [1.54, 1.807) is 39.3 Å². The number of allylic oxidation sites excluding steroid dienone is 2. The molecule has 8 heteroatoms. The van der Waals surface area contributed by atoms with Crippen LogP contribution >= 0.6 is 0 Å². The highest BCUT2D eigenvalue weighted by molar-refractivity contribution is 6.09. The number of carbonyl (C=O) groups is 2. The molecule has 0 saturated carbocycles. The number of rotatable bonds is 9. The lowest BCUT2D eigenvalue weighted by atomic mass is 9.69. The molecule has 0 spiro atoms. The summed E-state index contributed by atoms with van der Waals surface area (Å²) in [5.41, 5.74) is 3.35. The quantitative estimate of drug-likeness (QED) is 0.351. The molecule has 0 bridgehead atoms. The Morgan fingerprint density at radius 3 is 2.32 bits per heavy atom. The van der Waals surface area contributed by atoms with E-state index in [4.69, 9.17) is 23.9 Å². The summed E-state index contributed by atoms with van der Waals surface area (Å²) < 4.78 is 21.6. The molecule has 2 aliphatic rings. The first-order chi connectivity index (χ1) is 18.3. The van der Waals surface area contributed by atoms with E-state index >= 15 is 0 Å². The number of ketones is 1. The molecule has 0 radical (unpaired) electrons. The van der Waals surface area contributed by atoms with Crippen LogP contribution in [0.15, 0.2) is 52.7 Å². The van der Waals surface area contributed by atoms with Crippen molar-refractivity contribution in [2.45, 2.75) is 51.4 Å². The molecule has 1 unspecified atom stereocenters. The van der Waals surface area contributed by atoms with Gasteiger partial charge in [-0.3, -0.25) is 14.6 Å². The minimum Gasteiger partial charge on any atom is -0.504 e. The number of methoxy groups -OCH3 is 3. The minimum absolute atomic E-state index is 0.0584. The number of esters is 1. The number of benzene rings is 2. The van der Waals surface area contributed by atoms with E-state index in [1.807, 2.05) is 25.1 Å². The smallest absolute Gasteiger partial charge is 0.315 e. The summed E-state index contributed by atoms with van der Waals surface area (Å²) in [7, 11) is 4.64. The van der Waals surface area contributed by atoms with Crippen molar-refractivity contribution < 1.29 is 33.6 Å². The summed E-state index contributed by atoms with van der Waals surface area (Å²) >= 11 is 0. The summed E-state index contributed by atoms with van der Waals surface area (Å²) in [5, 5.41) is 10.5. The maximum absolute atomic E-state index is 13.8. The lowest BCUT2D eigenvalue weighted by molar-refractivity contribution is -0.146. The van der Waals surface area contributed by atoms with Crippen molar-refractivity contribution in [1.82, 2.24) is 0 Å². The normalized spacial score (nSPS) is 20.9. The highest BCUT2D eigenvalue weighted by Crippen LogP contribution is 2.48. The van der Waals surface area contributed by atoms with E-state index in [9.17, 15) is 14.7 Å². The minimum atomic E-state index is -0.764. The lowest BCUT2D eigenvalue weighted by Gasteiger charge is -2.36. The predicted octanol–water partition coefficient (Wildman–Crippen LogP) is 5.34. The van der Waals surface area contributed by atoms with E-state index in [-0.39, 0.29) is 23.9 Å². The molecule has 1 aliphatic carbocycles. The standard InChI is InChI=1S/C30H35NO7/c1-6-7-12-38-30(34)27-17(2)31-21-13-20(18-8-11-25(36-4)26(16-18)37-5)15-23(33)29(21)28(27)19-9-10-24(35-3)22(32)14-19/h8-11,14,16,20,27-28,32H,6-7,12-13,15H2,1-5H3/t20-,27?,28+/m0/s1. The Morgan fingerprint density at radius 1 is 0.974 bits per heavy atom. The maximum atomic E-state index is 13.8. The molecule has 0 saturated heterocycles. The van der Waals surface area contributed by atoms with Gasteiger partial charge in [-0.2, -0.15) is 0 Å². The Labute approximate surface area is 223 Å². The fourth-order valence-electron chi connectivity index (χ4n) is 5.37. The first-order valence-corrected chi connectivity index (χ1v) is 12.9. The molecular weight excluding hydrogens is 486 g/mol. The van der Waals surface area contributed by atoms with Crippen LogP contribution in [0.25, 0.3) is 0 Å². The van der Waals surface area contributed by atoms with Gasteiger partial charge in [-0.15, -0.1) is 0 Å². The van der Waals surface area contributed by atoms with Gasteiger partial charge in [0.2, 0.25) is 0 Å². The molecule has 38 heavy (non-hydrogen) atoms. The highest BCUT2D eigenvalue weighted by atomic mass is 16.5. The van der Waals surface area contributed by atoms with Crippen LogP contribution in [-0.2, 0) is 14.3 Å². The number of aliphatic imine (C=N–C) groups is 1. The third-order valence-corrected chi connectivity index (χ3v) is 7.33. The average molecular weight is 522 g/mol. The Balaban J connectivity index is 1.76. The van der Waals surface area contributed by atoms with Crippen LogP contribution < -0.4 is 14.2 Å². The number of Topliss-reactive ketones (excluding diaryl/α,β-unsaturated/α-hetero) is 1. The Morgan fingerprint density at radius 2 is 1.66 bits per heavy atom. The number of nitrogens with zero attached hydrogens (tertiary/aromatic N) is 1. The van der Waals surface area contributed by atoms with Crippen molar-refractivity contribution in [1.29, 1.82) is 0 Å². The molecule has 0 fully saturated rings. The Kier molecular flexibility index (Phi) is 8.39. The second-order valence-electron chi connectivity index (χ2n) is 9.66. The van der Waals surface area contributed by atoms with E-state index in [0.717, 1.165) is 18.4 Å². The van der Waals surface area contributed by atoms with E-state index in [0.29, 0.717) is 52.8 Å². The van der Waals surface area contributed by atoms with Gasteiger partial charge < -0.3 is 24.1 Å². The molecule has 0 amide bonds. The summed E-state index contributed by atoms with van der Waals surface area (Å²) in [6.07, 6.45) is 2.44. The van der Waals surface area contributed by atoms with Gasteiger partial charge in [0.1, 0.15) is 5.92 Å². The monoisotopic (exact) mass is 521 g/mol. The second kappa shape index (κ2) is 11.7. The van der Waals surface area contributed by atoms with Crippen LogP contribution in [0.3, 0.4) is 0 Å². The number of aromatic hydroxyl groups is 1. The van der Waals surface area contributed by atoms with Crippen LogP contribution in [0.2, 0.25) is 0 Å². The van der Waals surface area contributed by atoms with Crippen molar-refractivity contribution in [3.63, 3.8) is 0 Å². The van der Waals surface area contributed by atoms with E-state index < -0.39 is 17.8 Å². The molecule has 0 aromatic heterocycles. The summed E-state index contributed by atoms with van der Waals surface area (Å²) in [5.74, 6) is -0.500. The van der Waals surface area contributed by atoms with Crippen molar-refractivity contribution >= 4 is 17.5 Å². The average Bonchev–Trinajstić information content (AvgIpc) is 2.91. The van der Waals surface area contributed by atoms with Gasteiger partial charge in [0.05, 0.1) is 27.9 Å². The molecule has 202 valence electrons. The van der Waals surface area contributed by atoms with Crippen molar-refractivity contribution in [2.24, 2.45) is 10.9 Å². The lowest BCUT2D eigenvalue weighted by Crippen LogP contribution is -2.38. The Hall–Kier alpha value is -3.81. The third kappa shape index (κ3) is 5.26. The molecule has 2 aromatic carbocycles. The molecular formula is C30H35NO7. The first kappa shape index (κ1) is 27.2. The number of phenolic OH excluding ortho intramolecular Hbond substituents is 1. The molecule has 1 N–H and O–H groups in total. The molecule has 3 atom stereocenters. The summed E-state index contributed by atoms with van der Waals surface area (Å²) in [4.78, 5) is 31.9. The molecule has 8 nitrogen and oxygen atoms in total. The molecule has 1 heterocycles. The maximum Gasteiger partial charge on any atom is 0.315 e. The zero-order valence-electron chi connectivity index (χ0n) is 22.6. The zero-order valence-corrected chi connectivity index (χ0v) is 22.6. The second-order valence-corrected chi connectivity index (χ2v) is 9.66. The number of carbonyl (C=O) groups excluding carboxylic acids is 2. The number of unbranched alkanes of at least 4 members (excludes halogenated alkanes) is 1. The number of ether oxygens (including phenoxy) is 4. The van der Waals surface area contributed by atoms with Gasteiger partial charge in [0.15, 0.2) is 28.8 Å². The van der Waals surface area contributed by atoms with Gasteiger partial charge in [-0.25, -0.2) is 0 Å². The Bertz CT molecular complexity index is 1280. The summed E-state index contributed by atoms with van der Waals surface area (Å²) in [6, 6.07) is 10.7. The van der Waals surface area contributed by atoms with Crippen molar-refractivity contribution in [3.8, 4) is 23.0 Å². The summed E-state index contributed by atoms with van der Waals surface area (Å²) in [6.45, 7) is 4.13. The van der Waals surface area contributed by atoms with Crippen molar-refractivity contribution in [2.75, 3.05) is 27.9 Å². The highest BCUT2D eigenvalue weighted by Gasteiger charge is 2.45. The molecule has 1 aliphatic heterocycles. The van der Waals surface area contributed by atoms with Gasteiger partial charge in [0.25, 0.3) is 0 Å². The van der Waals surface area contributed by atoms with Crippen LogP contribution in [0.4, 0.5) is 0 Å². The van der Waals surface area contributed by atoms with Crippen molar-refractivity contribution in [3.05, 3.63) is 58.8 Å². The van der Waals surface area contributed by atoms with Gasteiger partial charge >= 0.3 is 5.97 Å².